The molecule has 3 aromatic heterocycles. The smallest absolute Gasteiger partial charge is 0.311 e. The summed E-state index contributed by atoms with van der Waals surface area (Å²) in [4.78, 5) is 35.8. The molecule has 8 nitrogen and oxygen atoms in total. The number of hydrogen-bond acceptors (Lipinski definition) is 7. The Morgan fingerprint density at radius 3 is 2.97 bits per heavy atom. The second kappa shape index (κ2) is 7.86. The molecule has 0 bridgehead atoms. The number of fused-ring (bicyclic) bond motifs is 1. The fourth-order valence-corrected chi connectivity index (χ4v) is 4.46. The quantitative estimate of drug-likeness (QED) is 0.682. The zero-order valence-electron chi connectivity index (χ0n) is 16.2. The summed E-state index contributed by atoms with van der Waals surface area (Å²) in [7, 11) is 0. The first-order chi connectivity index (χ1) is 14.0. The molecule has 0 aromatic carbocycles. The summed E-state index contributed by atoms with van der Waals surface area (Å²) in [6.45, 7) is 4.63. The molecule has 3 aromatic rings. The van der Waals surface area contributed by atoms with Gasteiger partial charge in [-0.2, -0.15) is 8.91 Å². The zero-order valence-corrected chi connectivity index (χ0v) is 17.0. The minimum Gasteiger partial charge on any atom is -0.349 e. The van der Waals surface area contributed by atoms with Gasteiger partial charge in [0.2, 0.25) is 21.8 Å². The summed E-state index contributed by atoms with van der Waals surface area (Å²) in [5, 5.41) is 7.67. The number of pyridine rings is 1. The standard InChI is InChI=1S/C19H21FN6O2S/c1-3-13-15(20)17(28)26-18(23-13)29-19(24-26)25-9-5-8-14(25)16(27)21-10-12-7-4-6-11(2)22-12/h4,6-7,14H,3,5,8-10H2,1-2H3,(H,21,27). The highest BCUT2D eigenvalue weighted by Gasteiger charge is 2.33. The van der Waals surface area contributed by atoms with E-state index in [9.17, 15) is 14.0 Å². The summed E-state index contributed by atoms with van der Waals surface area (Å²) in [5.74, 6) is -0.992. The number of amides is 1. The van der Waals surface area contributed by atoms with Gasteiger partial charge in [-0.1, -0.05) is 24.3 Å². The highest BCUT2D eigenvalue weighted by molar-refractivity contribution is 7.20. The zero-order chi connectivity index (χ0) is 20.5. The van der Waals surface area contributed by atoms with Gasteiger partial charge in [-0.15, -0.1) is 5.10 Å². The molecule has 1 aliphatic rings. The number of carbonyl (C=O) groups excluding carboxylic acids is 1. The molecule has 0 radical (unpaired) electrons. The van der Waals surface area contributed by atoms with Gasteiger partial charge in [0.1, 0.15) is 6.04 Å². The minimum atomic E-state index is -0.872. The third kappa shape index (κ3) is 3.71. The van der Waals surface area contributed by atoms with Crippen LogP contribution in [-0.4, -0.2) is 38.1 Å². The van der Waals surface area contributed by atoms with Gasteiger partial charge in [0, 0.05) is 12.2 Å². The van der Waals surface area contributed by atoms with Gasteiger partial charge in [0.25, 0.3) is 0 Å². The van der Waals surface area contributed by atoms with E-state index in [0.717, 1.165) is 22.3 Å². The van der Waals surface area contributed by atoms with E-state index >= 15 is 0 Å². The molecule has 1 amide bonds. The number of rotatable bonds is 5. The van der Waals surface area contributed by atoms with Crippen molar-refractivity contribution in [3.05, 3.63) is 51.5 Å². The fraction of sp³-hybridized carbons (Fsp3) is 0.421. The Morgan fingerprint density at radius 2 is 2.21 bits per heavy atom. The lowest BCUT2D eigenvalue weighted by Gasteiger charge is -2.22. The van der Waals surface area contributed by atoms with Crippen molar-refractivity contribution < 1.29 is 9.18 Å². The van der Waals surface area contributed by atoms with Crippen molar-refractivity contribution in [2.75, 3.05) is 11.4 Å². The lowest BCUT2D eigenvalue weighted by Crippen LogP contribution is -2.43. The largest absolute Gasteiger partial charge is 0.349 e. The number of nitrogens with zero attached hydrogens (tertiary/aromatic N) is 5. The normalized spacial score (nSPS) is 16.5. The van der Waals surface area contributed by atoms with E-state index in [1.165, 1.54) is 11.3 Å². The Hall–Kier alpha value is -2.88. The van der Waals surface area contributed by atoms with Crippen molar-refractivity contribution in [3.8, 4) is 0 Å². The van der Waals surface area contributed by atoms with E-state index in [4.69, 9.17) is 0 Å². The van der Waals surface area contributed by atoms with E-state index < -0.39 is 17.4 Å². The van der Waals surface area contributed by atoms with Gasteiger partial charge < -0.3 is 10.2 Å². The predicted molar refractivity (Wildman–Crippen MR) is 108 cm³/mol. The SMILES string of the molecule is CCc1nc2sc(N3CCCC3C(=O)NCc3cccc(C)n3)nn2c(=O)c1F. The second-order valence-corrected chi connectivity index (χ2v) is 7.88. The number of aryl methyl sites for hydroxylation is 2. The van der Waals surface area contributed by atoms with Crippen molar-refractivity contribution in [2.24, 2.45) is 0 Å². The van der Waals surface area contributed by atoms with Crippen LogP contribution in [0.15, 0.2) is 23.0 Å². The van der Waals surface area contributed by atoms with Crippen molar-refractivity contribution >= 4 is 27.3 Å². The van der Waals surface area contributed by atoms with E-state index in [2.05, 4.69) is 20.4 Å². The molecule has 152 valence electrons. The molecule has 0 aliphatic carbocycles. The van der Waals surface area contributed by atoms with Crippen LogP contribution in [0, 0.1) is 12.7 Å². The van der Waals surface area contributed by atoms with Gasteiger partial charge in [-0.3, -0.25) is 14.6 Å². The maximum absolute atomic E-state index is 14.1. The maximum atomic E-state index is 14.1. The molecular weight excluding hydrogens is 395 g/mol. The molecule has 1 saturated heterocycles. The highest BCUT2D eigenvalue weighted by atomic mass is 32.1. The number of anilines is 1. The first-order valence-corrected chi connectivity index (χ1v) is 10.3. The topological polar surface area (TPSA) is 92.5 Å². The number of aromatic nitrogens is 4. The van der Waals surface area contributed by atoms with Crippen molar-refractivity contribution in [1.29, 1.82) is 0 Å². The molecule has 1 aliphatic heterocycles. The lowest BCUT2D eigenvalue weighted by atomic mass is 10.2. The van der Waals surface area contributed by atoms with E-state index in [1.807, 2.05) is 30.0 Å². The fourth-order valence-electron chi connectivity index (χ4n) is 3.47. The predicted octanol–water partition coefficient (Wildman–Crippen LogP) is 1.84. The third-order valence-electron chi connectivity index (χ3n) is 4.94. The molecule has 1 fully saturated rings. The molecule has 4 rings (SSSR count). The van der Waals surface area contributed by atoms with Crippen molar-refractivity contribution in [2.45, 2.75) is 45.7 Å². The average Bonchev–Trinajstić information content (AvgIpc) is 3.36. The van der Waals surface area contributed by atoms with Crippen molar-refractivity contribution in [1.82, 2.24) is 24.9 Å². The third-order valence-corrected chi connectivity index (χ3v) is 5.88. The summed E-state index contributed by atoms with van der Waals surface area (Å²) in [6.07, 6.45) is 1.83. The highest BCUT2D eigenvalue weighted by Crippen LogP contribution is 2.29. The summed E-state index contributed by atoms with van der Waals surface area (Å²) >= 11 is 1.19. The minimum absolute atomic E-state index is 0.120. The molecule has 0 spiro atoms. The van der Waals surface area contributed by atoms with Gasteiger partial charge in [0.15, 0.2) is 0 Å². The molecule has 29 heavy (non-hydrogen) atoms. The summed E-state index contributed by atoms with van der Waals surface area (Å²) in [6, 6.07) is 5.28. The molecule has 1 atom stereocenters. The Morgan fingerprint density at radius 1 is 1.38 bits per heavy atom. The molecular formula is C19H21FN6O2S. The van der Waals surface area contributed by atoms with Crippen LogP contribution < -0.4 is 15.8 Å². The van der Waals surface area contributed by atoms with Crippen LogP contribution >= 0.6 is 11.3 Å². The molecule has 10 heteroatoms. The average molecular weight is 416 g/mol. The van der Waals surface area contributed by atoms with Gasteiger partial charge in [0.05, 0.1) is 17.9 Å². The summed E-state index contributed by atoms with van der Waals surface area (Å²) < 4.78 is 15.1. The Balaban J connectivity index is 1.55. The van der Waals surface area contributed by atoms with Crippen LogP contribution in [0.25, 0.3) is 4.96 Å². The maximum Gasteiger partial charge on any atom is 0.311 e. The van der Waals surface area contributed by atoms with E-state index in [-0.39, 0.29) is 11.6 Å². The molecule has 1 unspecified atom stereocenters. The monoisotopic (exact) mass is 416 g/mol. The van der Waals surface area contributed by atoms with Crippen LogP contribution in [0.5, 0.6) is 0 Å². The van der Waals surface area contributed by atoms with Crippen LogP contribution in [-0.2, 0) is 17.8 Å². The first-order valence-electron chi connectivity index (χ1n) is 9.53. The number of halogens is 1. The summed E-state index contributed by atoms with van der Waals surface area (Å²) in [5.41, 5.74) is 1.01. The molecule has 0 saturated carbocycles. The number of hydrogen-bond donors (Lipinski definition) is 1. The van der Waals surface area contributed by atoms with E-state index in [1.54, 1.807) is 6.92 Å². The second-order valence-electron chi connectivity index (χ2n) is 6.95. The van der Waals surface area contributed by atoms with Crippen LogP contribution in [0.2, 0.25) is 0 Å². The Bertz CT molecular complexity index is 1130. The van der Waals surface area contributed by atoms with Gasteiger partial charge in [-0.25, -0.2) is 4.98 Å². The first kappa shape index (κ1) is 19.4. The number of nitrogens with one attached hydrogen (secondary N) is 1. The van der Waals surface area contributed by atoms with Gasteiger partial charge in [-0.05, 0) is 38.3 Å². The van der Waals surface area contributed by atoms with E-state index in [0.29, 0.717) is 36.0 Å². The van der Waals surface area contributed by atoms with Crippen LogP contribution in [0.1, 0.15) is 36.8 Å². The Kier molecular flexibility index (Phi) is 5.27. The lowest BCUT2D eigenvalue weighted by molar-refractivity contribution is -0.122. The Labute approximate surface area is 170 Å². The van der Waals surface area contributed by atoms with Crippen LogP contribution in [0.3, 0.4) is 0 Å². The molecule has 1 N–H and O–H groups in total. The molecule has 4 heterocycles. The van der Waals surface area contributed by atoms with Crippen LogP contribution in [0.4, 0.5) is 9.52 Å². The van der Waals surface area contributed by atoms with Crippen molar-refractivity contribution in [3.63, 3.8) is 0 Å². The number of carbonyl (C=O) groups is 1. The van der Waals surface area contributed by atoms with Gasteiger partial charge >= 0.3 is 5.56 Å².